The monoisotopic (exact) mass is 696 g/mol. The predicted octanol–water partition coefficient (Wildman–Crippen LogP) is 36.0. The second-order valence-corrected chi connectivity index (χ2v) is 12.0. The van der Waals surface area contributed by atoms with Gasteiger partial charge in [0.05, 0.1) is 5.92 Å². The summed E-state index contributed by atoms with van der Waals surface area (Å²) in [7, 11) is 0. The molecule has 1 aliphatic heterocycles. The van der Waals surface area contributed by atoms with E-state index in [1.54, 1.807) is 0 Å². The Morgan fingerprint density at radius 1 is 1.35 bits per heavy atom. The van der Waals surface area contributed by atoms with Gasteiger partial charge in [-0.25, -0.2) is 0 Å². The molecule has 404 valence electrons. The molecule has 31 heavy (non-hydrogen) atoms. The summed E-state index contributed by atoms with van der Waals surface area (Å²) in [5.41, 5.74) is 5.59. The number of hydrogen-bond acceptors (Lipinski definition) is 5. The number of hydrogen-bond donors (Lipinski definition) is 1. The zero-order valence-electron chi connectivity index (χ0n) is 21.0. The number of nitrogens with zero attached hydrogens (tertiary/aromatic N) is 1. The van der Waals surface area contributed by atoms with Crippen LogP contribution in [0, 0.1) is 26.7 Å². The van der Waals surface area contributed by atoms with Gasteiger partial charge in [-0.2, -0.15) is 0 Å². The molecule has 0 amide bonds. The van der Waals surface area contributed by atoms with E-state index in [4.69, 9.17) is 1.43 Å². The lowest BCUT2D eigenvalue weighted by molar-refractivity contribution is -0.145. The molecule has 2 aromatic heterocycles. The molecule has 5 heteroatoms. The predicted molar refractivity (Wildman–Crippen MR) is 382 cm³/mol. The number of carboxylic acid groups (broad SMARTS) is 1. The minimum absolute atomic E-state index is 0. The van der Waals surface area contributed by atoms with Crippen LogP contribution in [0.1, 0.15) is 251 Å². The summed E-state index contributed by atoms with van der Waals surface area (Å²) >= 11 is 3.74. The van der Waals surface area contributed by atoms with Gasteiger partial charge in [-0.15, -0.1) is 22.7 Å². The van der Waals surface area contributed by atoms with Gasteiger partial charge in [-0.3, -0.25) is 9.69 Å². The van der Waals surface area contributed by atoms with E-state index in [9.17, 15) is 4.79 Å². The largest absolute Gasteiger partial charge is 0.481 e. The summed E-state index contributed by atoms with van der Waals surface area (Å²) in [6.45, 7) is 17.3. The summed E-state index contributed by atoms with van der Waals surface area (Å²) in [6.07, 6.45) is 5.07. The van der Waals surface area contributed by atoms with Crippen LogP contribution in [0.25, 0.3) is 7.00 Å². The van der Waals surface area contributed by atoms with E-state index < -0.39 is 5.97 Å². The highest BCUT2D eigenvalue weighted by Crippen LogP contribution is 2.41. The van der Waals surface area contributed by atoms with Crippen molar-refractivity contribution in [2.45, 2.75) is 79.2 Å². The summed E-state index contributed by atoms with van der Waals surface area (Å²) in [4.78, 5) is 18.5. The van der Waals surface area contributed by atoms with Gasteiger partial charge in [0.25, 0.3) is 1.43 Å². The first-order valence-electron chi connectivity index (χ1n) is 11.7. The average molecular weight is 697 g/mol. The lowest BCUT2D eigenvalue weighted by Gasteiger charge is -2.44. The zero-order valence-corrected chi connectivity index (χ0v) is 21.6. The van der Waals surface area contributed by atoms with E-state index in [-0.39, 0.29) is 178 Å². The zero-order chi connectivity index (χ0) is 23.6. The van der Waals surface area contributed by atoms with Crippen LogP contribution in [-0.4, -0.2) is 34.6 Å². The first kappa shape index (κ1) is 22.8. The van der Waals surface area contributed by atoms with Crippen LogP contribution in [0.5, 0.6) is 0 Å². The van der Waals surface area contributed by atoms with E-state index in [0.717, 1.165) is 25.8 Å². The number of likely N-dealkylation sites (tertiary alicyclic amines) is 1. The molecule has 0 unspecified atom stereocenters. The van der Waals surface area contributed by atoms with Crippen LogP contribution >= 0.6 is 22.7 Å². The molecule has 3 rings (SSSR count). The van der Waals surface area contributed by atoms with Gasteiger partial charge in [-0.05, 0) is 87.9 Å². The van der Waals surface area contributed by atoms with E-state index in [1.165, 1.54) is 36.9 Å². The highest BCUT2D eigenvalue weighted by molar-refractivity contribution is 7.15. The Morgan fingerprint density at radius 2 is 2.10 bits per heavy atom. The highest BCUT2D eigenvalue weighted by Gasteiger charge is 2.36. The molecule has 0 aliphatic carbocycles. The first-order chi connectivity index (χ1) is 15.0. The fraction of sp³-hybridized carbons (Fsp3) is 0.577. The number of carbonyl (C=O) groups is 1. The van der Waals surface area contributed by atoms with Crippen LogP contribution in [-0.2, 0) is 4.79 Å². The third-order valence-corrected chi connectivity index (χ3v) is 8.95. The molecule has 1 fully saturated rings. The molecule has 3 heterocycles. The molecule has 3 nitrogen and oxygen atoms in total. The fourth-order valence-corrected chi connectivity index (χ4v) is 7.21. The van der Waals surface area contributed by atoms with Crippen LogP contribution in [0.2, 0.25) is 0 Å². The van der Waals surface area contributed by atoms with E-state index in [2.05, 4.69) is 76.0 Å². The normalized spacial score (nSPS) is 20.2. The molecule has 0 aromatic carbocycles. The van der Waals surface area contributed by atoms with Crippen molar-refractivity contribution in [2.24, 2.45) is 5.92 Å². The van der Waals surface area contributed by atoms with Gasteiger partial charge >= 0.3 is 5.97 Å². The molecular weight excluding hydrogens is 422 g/mol. The maximum absolute atomic E-state index is 12.0. The number of thiophene rings is 2. The lowest BCUT2D eigenvalue weighted by Crippen LogP contribution is -2.52. The van der Waals surface area contributed by atoms with Crippen LogP contribution in [0.15, 0.2) is 17.5 Å². The first-order valence-corrected chi connectivity index (χ1v) is 13.0. The van der Waals surface area contributed by atoms with Crippen molar-refractivity contribution in [2.75, 3.05) is 13.1 Å². The van der Waals surface area contributed by atoms with Crippen molar-refractivity contribution in [3.8, 4) is 0 Å². The third kappa shape index (κ3) is 5.32. The Balaban J connectivity index is -0.000000000874. The number of rotatable bonds is 7. The smallest absolute Gasteiger partial charge is 0.307 e. The molecule has 0 spiro atoms. The minimum Gasteiger partial charge on any atom is -0.481 e. The quantitative estimate of drug-likeness (QED) is 0.313. The maximum atomic E-state index is 12.0. The Hall–Kier alpha value is -1.43. The SMILES string of the molecule is [2H]OC(=O)[C@@H]1CCC(C)(C)N(CC/C=C(/c2sc(C)cc2C)c2scc(C)c2C(C)C)C1.[HH].[HH].[HH].[HH].[HH].[HH].[HH].[HH].[HH].[HH].[HH].[HH].[HH].[HH].[HH].[HH].[HH].[HH].[HH].[HH].[HH].[HH].[HH].[HH].[HH].[HH].[HH].[HH].[HH].[HH].[HH].[HH].[HH].[HH].[HH].[HH].[HH].[HH].[HH].[HH].[HH].[HH].[HH].[HH].[HH].[HH].[HH].[HH].[HH].[HH].[HH].[HH].[HH].[HH].[HH].[HH].[HH].[HH].[HH].[HH].[HH].[HH].[HH].[HH].[HH].[HH].[HH].[HH].[HH].[HH].[HH].[HH].[HH].[HH].[HH].[HH].[HH].[HH].[HH].[HH].[HH].[HH].[HH].[HH].[HH].[HH].[HH].[HH].[HH].[HH].[HH].[HH].[HH].[HH].[HH].[HH].[HH].[HH].[HH].[HH].[HH].[HH].[HH].[HH].[HH].[HH].[HH].[HH].[HH].[HH].[HH].[HH].[HH].[HH].[HH].[HH].[HH]. The topological polar surface area (TPSA) is 40.5 Å². The molecule has 0 radical (unpaired) electrons. The Labute approximate surface area is 371 Å². The minimum atomic E-state index is -0.401. The second kappa shape index (κ2) is 9.60. The highest BCUT2D eigenvalue weighted by atomic mass is 32.1. The van der Waals surface area contributed by atoms with Crippen molar-refractivity contribution in [1.29, 1.82) is 1.43 Å². The van der Waals surface area contributed by atoms with Crippen molar-refractivity contribution in [3.05, 3.63) is 48.8 Å². The second-order valence-electron chi connectivity index (χ2n) is 9.90. The van der Waals surface area contributed by atoms with E-state index in [0.29, 0.717) is 12.5 Å². The molecule has 1 saturated heterocycles. The summed E-state index contributed by atoms with van der Waals surface area (Å²) in [5, 5.41) is 6.58. The number of aliphatic carboxylic acids is 1. The Kier molecular flexibility index (Phi) is 7.04. The molecular formula is C26H271NO2S2. The molecule has 0 bridgehead atoms. The van der Waals surface area contributed by atoms with Gasteiger partial charge in [0.15, 0.2) is 0 Å². The van der Waals surface area contributed by atoms with Crippen molar-refractivity contribution in [1.82, 2.24) is 4.90 Å². The maximum Gasteiger partial charge on any atom is 0.307 e. The van der Waals surface area contributed by atoms with Gasteiger partial charge in [-0.1, -0.05) is 19.9 Å². The lowest BCUT2D eigenvalue weighted by atomic mass is 9.84. The van der Waals surface area contributed by atoms with Crippen molar-refractivity contribution in [3.63, 3.8) is 0 Å². The third-order valence-electron chi connectivity index (χ3n) is 6.61. The standard InChI is InChI=1S/C26H37NO2S2.117H2/c1-16(2)22-18(4)15-30-24(22)21(23-17(3)13-19(5)31-23)9-8-12-27-14-20(25(28)29)10-11-26(27,6)7;;;;;;;;;;;;;;;;;;;;;;;;;;;;;;;;;;;;;;;;;;;;;;;;;;;;;;;;;;;;;;;;;;;;;;;;;;;;;;;;;;;;;;;;;;;;;;;;;;;;;;;;;;;;;;;;;;;;;/h9,13,15-16,20H,8,10-12,14H2,1-7H3,(H,28,29);117*1H/b21-9-;;;;;;;;;;;;;;;;;;;;;;;;;;;;;;;;;;;;;;;;;;;;;;;;;;;;;;;;;;;;;;;;;;;;;;;;;;;;;;;;;;;;;;;;;;;;;;;;;;;;;;;;;;;;;;;;;;;;;/t20-;;;;;;;;;;;;;;;;;;;;;;;;;;;;;;;;;;;;;;;;;;;;;;;;;;;;;;;;;;;;;;;;;;;;;;;;;;;;;;;;;;;;;;;;;;;;;;;;;;;;;;;;;;;;;;;;;;;;;/m1...................................................................................................................../s1/i/hD. The Morgan fingerprint density at radius 3 is 2.71 bits per heavy atom. The molecule has 1 aliphatic rings. The van der Waals surface area contributed by atoms with Crippen molar-refractivity contribution >= 4 is 34.2 Å². The molecule has 1 N–H and O–H groups in total. The average Bonchev–Trinajstić information content (AvgIpc) is 3.27. The van der Waals surface area contributed by atoms with Gasteiger partial charge in [0.1, 0.15) is 0 Å². The van der Waals surface area contributed by atoms with E-state index in [1.807, 2.05) is 22.7 Å². The van der Waals surface area contributed by atoms with Crippen LogP contribution in [0.4, 0.5) is 0 Å². The van der Waals surface area contributed by atoms with Crippen molar-refractivity contribution < 1.29 is 177 Å². The Bertz CT molecular complexity index is 1090. The van der Waals surface area contributed by atoms with Crippen LogP contribution < -0.4 is 0 Å². The van der Waals surface area contributed by atoms with Crippen LogP contribution in [0.3, 0.4) is 0 Å². The molecule has 1 atom stereocenters. The number of piperidine rings is 1. The molecule has 0 saturated carbocycles. The summed E-state index contributed by atoms with van der Waals surface area (Å²) < 4.78 is 7.00. The van der Waals surface area contributed by atoms with Gasteiger partial charge in [0, 0.05) is 206 Å². The van der Waals surface area contributed by atoms with E-state index >= 15 is 0 Å². The summed E-state index contributed by atoms with van der Waals surface area (Å²) in [6, 6.07) is 2.29. The summed E-state index contributed by atoms with van der Waals surface area (Å²) in [5.74, 6) is -0.112. The number of carboxylic acids is 1. The number of aryl methyl sites for hydroxylation is 3. The molecule has 2 aromatic rings. The van der Waals surface area contributed by atoms with Gasteiger partial charge in [0.2, 0.25) is 0 Å². The fourth-order valence-electron chi connectivity index (χ4n) is 4.82. The van der Waals surface area contributed by atoms with Gasteiger partial charge < -0.3 is 5.11 Å².